The second kappa shape index (κ2) is 1.77. The van der Waals surface area contributed by atoms with Gasteiger partial charge in [0.15, 0.2) is 0 Å². The zero-order chi connectivity index (χ0) is 6.04. The van der Waals surface area contributed by atoms with Gasteiger partial charge in [0, 0.05) is 5.41 Å². The van der Waals surface area contributed by atoms with E-state index in [9.17, 15) is 0 Å². The predicted molar refractivity (Wildman–Crippen MR) is 36.7 cm³/mol. The molecule has 0 heterocycles. The van der Waals surface area contributed by atoms with Crippen LogP contribution in [0.1, 0.15) is 19.8 Å². The molecule has 0 unspecified atom stereocenters. The van der Waals surface area contributed by atoms with Gasteiger partial charge in [0.2, 0.25) is 0 Å². The summed E-state index contributed by atoms with van der Waals surface area (Å²) in [6, 6.07) is 0. The van der Waals surface area contributed by atoms with E-state index in [1.807, 2.05) is 6.08 Å². The average molecular weight is 108 g/mol. The smallest absolute Gasteiger partial charge is 0.00590 e. The van der Waals surface area contributed by atoms with E-state index < -0.39 is 0 Å². The van der Waals surface area contributed by atoms with Gasteiger partial charge in [0.1, 0.15) is 0 Å². The van der Waals surface area contributed by atoms with E-state index >= 15 is 0 Å². The molecule has 0 amide bonds. The normalized spacial score (nSPS) is 23.6. The van der Waals surface area contributed by atoms with Crippen LogP contribution in [0.15, 0.2) is 24.8 Å². The van der Waals surface area contributed by atoms with Crippen molar-refractivity contribution in [2.24, 2.45) is 5.41 Å². The minimum absolute atomic E-state index is 0.425. The first-order valence-electron chi connectivity index (χ1n) is 3.10. The molecule has 1 aliphatic rings. The van der Waals surface area contributed by atoms with Crippen molar-refractivity contribution in [3.63, 3.8) is 0 Å². The van der Waals surface area contributed by atoms with Gasteiger partial charge in [-0.05, 0) is 19.8 Å². The van der Waals surface area contributed by atoms with Crippen molar-refractivity contribution in [3.05, 3.63) is 24.8 Å². The van der Waals surface area contributed by atoms with Crippen molar-refractivity contribution < 1.29 is 0 Å². The van der Waals surface area contributed by atoms with Crippen molar-refractivity contribution in [2.75, 3.05) is 0 Å². The van der Waals surface area contributed by atoms with Crippen LogP contribution in [0.25, 0.3) is 0 Å². The first kappa shape index (κ1) is 5.61. The molecular weight excluding hydrogens is 96.1 g/mol. The van der Waals surface area contributed by atoms with E-state index in [0.717, 1.165) is 0 Å². The molecule has 0 aromatic carbocycles. The van der Waals surface area contributed by atoms with Gasteiger partial charge in [-0.15, -0.1) is 6.58 Å². The van der Waals surface area contributed by atoms with Crippen molar-refractivity contribution in [2.45, 2.75) is 19.8 Å². The minimum atomic E-state index is 0.425. The van der Waals surface area contributed by atoms with Crippen LogP contribution < -0.4 is 0 Å². The maximum Gasteiger partial charge on any atom is 0.00590 e. The molecule has 0 aliphatic heterocycles. The van der Waals surface area contributed by atoms with Gasteiger partial charge in [0.25, 0.3) is 0 Å². The second-order valence-corrected chi connectivity index (χ2v) is 2.44. The highest BCUT2D eigenvalue weighted by molar-refractivity contribution is 5.17. The summed E-state index contributed by atoms with van der Waals surface area (Å²) in [5.74, 6) is 0. The lowest BCUT2D eigenvalue weighted by Gasteiger charge is -1.96. The molecule has 44 valence electrons. The number of hydrogen-bond donors (Lipinski definition) is 0. The third kappa shape index (κ3) is 0.835. The van der Waals surface area contributed by atoms with Crippen LogP contribution in [0.2, 0.25) is 0 Å². The minimum Gasteiger partial charge on any atom is -0.102 e. The second-order valence-electron chi connectivity index (χ2n) is 2.44. The maximum absolute atomic E-state index is 3.76. The summed E-state index contributed by atoms with van der Waals surface area (Å²) in [4.78, 5) is 0. The molecule has 0 radical (unpaired) electrons. The fourth-order valence-electron chi connectivity index (χ4n) is 0.915. The zero-order valence-electron chi connectivity index (χ0n) is 5.35. The van der Waals surface area contributed by atoms with Crippen LogP contribution in [0, 0.1) is 5.41 Å². The summed E-state index contributed by atoms with van der Waals surface area (Å²) in [6.45, 7) is 5.82. The van der Waals surface area contributed by atoms with Crippen molar-refractivity contribution in [1.29, 1.82) is 0 Å². The van der Waals surface area contributed by atoms with Crippen LogP contribution in [0.4, 0.5) is 0 Å². The van der Waals surface area contributed by atoms with Gasteiger partial charge in [-0.1, -0.05) is 18.2 Å². The van der Waals surface area contributed by atoms with Crippen LogP contribution in [0.5, 0.6) is 0 Å². The molecule has 0 nitrogen and oxygen atoms in total. The van der Waals surface area contributed by atoms with Gasteiger partial charge >= 0.3 is 0 Å². The fraction of sp³-hybridized carbons (Fsp3) is 0.500. The highest BCUT2D eigenvalue weighted by Crippen LogP contribution is 2.47. The summed E-state index contributed by atoms with van der Waals surface area (Å²) < 4.78 is 0. The molecule has 8 heavy (non-hydrogen) atoms. The van der Waals surface area contributed by atoms with Crippen LogP contribution in [-0.4, -0.2) is 0 Å². The highest BCUT2D eigenvalue weighted by Gasteiger charge is 2.35. The summed E-state index contributed by atoms with van der Waals surface area (Å²) in [7, 11) is 0. The Morgan fingerprint density at radius 3 is 2.25 bits per heavy atom. The predicted octanol–water partition coefficient (Wildman–Crippen LogP) is 2.53. The molecule has 1 fully saturated rings. The van der Waals surface area contributed by atoms with Crippen molar-refractivity contribution in [3.8, 4) is 0 Å². The molecule has 0 N–H and O–H groups in total. The Hall–Kier alpha value is -0.520. The summed E-state index contributed by atoms with van der Waals surface area (Å²) >= 11 is 0. The van der Waals surface area contributed by atoms with Gasteiger partial charge in [-0.25, -0.2) is 0 Å². The first-order chi connectivity index (χ1) is 3.83. The Balaban J connectivity index is 2.53. The van der Waals surface area contributed by atoms with Crippen molar-refractivity contribution >= 4 is 0 Å². The standard InChI is InChI=1S/C8H12/c1-3-5-8(4-2)6-7-8/h3-5H,2,6-7H2,1H3/b5-3+. The quantitative estimate of drug-likeness (QED) is 0.477. The molecule has 1 rings (SSSR count). The van der Waals surface area contributed by atoms with E-state index in [4.69, 9.17) is 0 Å². The van der Waals surface area contributed by atoms with Crippen molar-refractivity contribution in [1.82, 2.24) is 0 Å². The Morgan fingerprint density at radius 1 is 1.50 bits per heavy atom. The van der Waals surface area contributed by atoms with Gasteiger partial charge < -0.3 is 0 Å². The Labute approximate surface area is 50.9 Å². The molecule has 0 heteroatoms. The van der Waals surface area contributed by atoms with E-state index in [2.05, 4.69) is 25.7 Å². The molecule has 0 aromatic rings. The zero-order valence-corrected chi connectivity index (χ0v) is 5.35. The average Bonchev–Trinajstić information content (AvgIpc) is 2.50. The summed E-state index contributed by atoms with van der Waals surface area (Å²) in [5, 5.41) is 0. The number of rotatable bonds is 2. The number of hydrogen-bond acceptors (Lipinski definition) is 0. The Bertz CT molecular complexity index is 116. The first-order valence-corrected chi connectivity index (χ1v) is 3.10. The Morgan fingerprint density at radius 2 is 2.12 bits per heavy atom. The van der Waals surface area contributed by atoms with Gasteiger partial charge in [0.05, 0.1) is 0 Å². The molecule has 0 spiro atoms. The van der Waals surface area contributed by atoms with Crippen LogP contribution >= 0.6 is 0 Å². The maximum atomic E-state index is 3.76. The van der Waals surface area contributed by atoms with E-state index in [1.165, 1.54) is 12.8 Å². The topological polar surface area (TPSA) is 0 Å². The molecule has 0 bridgehead atoms. The van der Waals surface area contributed by atoms with Crippen LogP contribution in [-0.2, 0) is 0 Å². The lowest BCUT2D eigenvalue weighted by atomic mass is 10.1. The number of allylic oxidation sites excluding steroid dienone is 3. The summed E-state index contributed by atoms with van der Waals surface area (Å²) in [6.07, 6.45) is 9.00. The largest absolute Gasteiger partial charge is 0.102 e. The van der Waals surface area contributed by atoms with Gasteiger partial charge in [-0.2, -0.15) is 0 Å². The molecule has 0 saturated heterocycles. The molecule has 0 aromatic heterocycles. The molecular formula is C8H12. The van der Waals surface area contributed by atoms with Gasteiger partial charge in [-0.3, -0.25) is 0 Å². The highest BCUT2D eigenvalue weighted by atomic mass is 14.4. The molecule has 1 aliphatic carbocycles. The lowest BCUT2D eigenvalue weighted by molar-refractivity contribution is 0.858. The summed E-state index contributed by atoms with van der Waals surface area (Å²) in [5.41, 5.74) is 0.425. The molecule has 0 atom stereocenters. The van der Waals surface area contributed by atoms with E-state index in [1.54, 1.807) is 0 Å². The lowest BCUT2D eigenvalue weighted by Crippen LogP contribution is -1.84. The third-order valence-electron chi connectivity index (χ3n) is 1.73. The van der Waals surface area contributed by atoms with Crippen LogP contribution in [0.3, 0.4) is 0 Å². The van der Waals surface area contributed by atoms with E-state index in [-0.39, 0.29) is 0 Å². The molecule has 1 saturated carbocycles. The third-order valence-corrected chi connectivity index (χ3v) is 1.73. The van der Waals surface area contributed by atoms with E-state index in [0.29, 0.717) is 5.41 Å². The fourth-order valence-corrected chi connectivity index (χ4v) is 0.915. The monoisotopic (exact) mass is 108 g/mol. The Kier molecular flexibility index (Phi) is 1.24. The SMILES string of the molecule is C=CC1(/C=C/C)CC1.